The molecule has 0 fully saturated rings. The van der Waals surface area contributed by atoms with Gasteiger partial charge in [0, 0.05) is 23.7 Å². The van der Waals surface area contributed by atoms with Gasteiger partial charge < -0.3 is 15.4 Å². The molecule has 1 unspecified atom stereocenters. The molecule has 0 saturated carbocycles. The number of hydrogen-bond donors (Lipinski definition) is 2. The lowest BCUT2D eigenvalue weighted by Gasteiger charge is -2.12. The molecule has 0 bridgehead atoms. The van der Waals surface area contributed by atoms with Crippen LogP contribution in [0.1, 0.15) is 12.5 Å². The number of benzene rings is 2. The summed E-state index contributed by atoms with van der Waals surface area (Å²) < 4.78 is 17.6. The lowest BCUT2D eigenvalue weighted by Crippen LogP contribution is -2.38. The van der Waals surface area contributed by atoms with E-state index in [1.807, 2.05) is 55.5 Å². The Kier molecular flexibility index (Phi) is 11.8. The second-order valence-corrected chi connectivity index (χ2v) is 7.18. The minimum absolute atomic E-state index is 0. The molecule has 1 atom stereocenters. The van der Waals surface area contributed by atoms with Gasteiger partial charge in [-0.1, -0.05) is 36.4 Å². The molecule has 0 radical (unpaired) electrons. The van der Waals surface area contributed by atoms with Crippen molar-refractivity contribution in [1.82, 2.24) is 10.6 Å². The summed E-state index contributed by atoms with van der Waals surface area (Å²) in [5.41, 5.74) is 1.16. The largest absolute Gasteiger partial charge is 0.496 e. The van der Waals surface area contributed by atoms with E-state index in [1.165, 1.54) is 0 Å². The predicted octanol–water partition coefficient (Wildman–Crippen LogP) is 3.22. The number of para-hydroxylation sites is 1. The van der Waals surface area contributed by atoms with Crippen molar-refractivity contribution >= 4 is 40.7 Å². The maximum atomic E-state index is 12.2. The fourth-order valence-corrected chi connectivity index (χ4v) is 3.45. The van der Waals surface area contributed by atoms with E-state index in [0.29, 0.717) is 12.3 Å². The van der Waals surface area contributed by atoms with Gasteiger partial charge in [-0.25, -0.2) is 0 Å². The summed E-state index contributed by atoms with van der Waals surface area (Å²) in [4.78, 5) is 5.37. The van der Waals surface area contributed by atoms with Gasteiger partial charge in [0.05, 0.1) is 24.5 Å². The standard InChI is InChI=1S/C20H27N3O2S.HI/c1-3-21-20(22-14-13-17-9-7-8-12-19(17)25-2)23-15-16-26(24)18-10-5-4-6-11-18;/h4-12H,3,13-16H2,1-2H3,(H2,21,22,23);1H. The Morgan fingerprint density at radius 2 is 1.78 bits per heavy atom. The lowest BCUT2D eigenvalue weighted by atomic mass is 10.1. The average Bonchev–Trinajstić information content (AvgIpc) is 2.69. The van der Waals surface area contributed by atoms with Gasteiger partial charge >= 0.3 is 0 Å². The van der Waals surface area contributed by atoms with Gasteiger partial charge in [-0.05, 0) is 37.1 Å². The summed E-state index contributed by atoms with van der Waals surface area (Å²) >= 11 is 0. The third kappa shape index (κ3) is 8.30. The number of methoxy groups -OCH3 is 1. The minimum Gasteiger partial charge on any atom is -0.496 e. The Balaban J connectivity index is 0.00000364. The van der Waals surface area contributed by atoms with Crippen LogP contribution >= 0.6 is 24.0 Å². The molecule has 5 nitrogen and oxygen atoms in total. The van der Waals surface area contributed by atoms with E-state index < -0.39 is 10.8 Å². The monoisotopic (exact) mass is 501 g/mol. The van der Waals surface area contributed by atoms with Crippen molar-refractivity contribution in [3.05, 3.63) is 60.2 Å². The fraction of sp³-hybridized carbons (Fsp3) is 0.350. The average molecular weight is 501 g/mol. The zero-order valence-electron chi connectivity index (χ0n) is 15.8. The summed E-state index contributed by atoms with van der Waals surface area (Å²) in [5, 5.41) is 6.54. The number of ether oxygens (including phenoxy) is 1. The minimum atomic E-state index is -1.02. The van der Waals surface area contributed by atoms with Crippen LogP contribution in [0.15, 0.2) is 64.5 Å². The Bertz CT molecular complexity index is 726. The molecule has 2 aromatic rings. The lowest BCUT2D eigenvalue weighted by molar-refractivity contribution is 0.409. The summed E-state index contributed by atoms with van der Waals surface area (Å²) in [6, 6.07) is 17.5. The number of guanidine groups is 1. The molecule has 0 aliphatic heterocycles. The van der Waals surface area contributed by atoms with Crippen molar-refractivity contribution in [2.75, 3.05) is 32.5 Å². The van der Waals surface area contributed by atoms with Gasteiger partial charge in [0.25, 0.3) is 0 Å². The molecule has 148 valence electrons. The molecule has 0 aromatic heterocycles. The highest BCUT2D eigenvalue weighted by molar-refractivity contribution is 14.0. The summed E-state index contributed by atoms with van der Waals surface area (Å²) in [7, 11) is 0.662. The van der Waals surface area contributed by atoms with Crippen LogP contribution in [-0.4, -0.2) is 42.7 Å². The molecule has 2 N–H and O–H groups in total. The first kappa shape index (κ1) is 23.4. The van der Waals surface area contributed by atoms with Crippen LogP contribution in [0.5, 0.6) is 5.75 Å². The normalized spacial score (nSPS) is 12.0. The van der Waals surface area contributed by atoms with Gasteiger partial charge in [0.2, 0.25) is 0 Å². The van der Waals surface area contributed by atoms with E-state index in [-0.39, 0.29) is 24.0 Å². The van der Waals surface area contributed by atoms with E-state index in [1.54, 1.807) is 7.11 Å². The molecule has 7 heteroatoms. The summed E-state index contributed by atoms with van der Waals surface area (Å²) in [6.07, 6.45) is 0.838. The van der Waals surface area contributed by atoms with Gasteiger partial charge in [-0.15, -0.1) is 24.0 Å². The van der Waals surface area contributed by atoms with Crippen LogP contribution < -0.4 is 15.4 Å². The van der Waals surface area contributed by atoms with Gasteiger partial charge in [0.1, 0.15) is 5.75 Å². The first-order valence-corrected chi connectivity index (χ1v) is 10.1. The Morgan fingerprint density at radius 3 is 2.48 bits per heavy atom. The zero-order valence-corrected chi connectivity index (χ0v) is 19.0. The molecular weight excluding hydrogens is 473 g/mol. The Morgan fingerprint density at radius 1 is 1.07 bits per heavy atom. The number of nitrogens with zero attached hydrogens (tertiary/aromatic N) is 1. The third-order valence-corrected chi connectivity index (χ3v) is 5.13. The fourth-order valence-electron chi connectivity index (χ4n) is 2.50. The molecule has 0 aliphatic carbocycles. The maximum absolute atomic E-state index is 12.2. The SMILES string of the molecule is CCNC(=NCCS(=O)c1ccccc1)NCCc1ccccc1OC.I. The maximum Gasteiger partial charge on any atom is 0.191 e. The van der Waals surface area contributed by atoms with Crippen LogP contribution in [0.25, 0.3) is 0 Å². The molecule has 2 aromatic carbocycles. The van der Waals surface area contributed by atoms with Crippen LogP contribution in [0, 0.1) is 0 Å². The van der Waals surface area contributed by atoms with E-state index in [4.69, 9.17) is 4.74 Å². The van der Waals surface area contributed by atoms with Crippen molar-refractivity contribution in [3.8, 4) is 5.75 Å². The highest BCUT2D eigenvalue weighted by Crippen LogP contribution is 2.17. The van der Waals surface area contributed by atoms with Gasteiger partial charge in [-0.2, -0.15) is 0 Å². The van der Waals surface area contributed by atoms with Crippen LogP contribution in [0.2, 0.25) is 0 Å². The van der Waals surface area contributed by atoms with Crippen molar-refractivity contribution in [2.24, 2.45) is 4.99 Å². The van der Waals surface area contributed by atoms with E-state index in [9.17, 15) is 4.21 Å². The van der Waals surface area contributed by atoms with Crippen molar-refractivity contribution in [2.45, 2.75) is 18.2 Å². The number of aliphatic imine (C=N–C) groups is 1. The van der Waals surface area contributed by atoms with Crippen molar-refractivity contribution in [1.29, 1.82) is 0 Å². The molecule has 0 amide bonds. The number of hydrogen-bond acceptors (Lipinski definition) is 3. The van der Waals surface area contributed by atoms with Gasteiger partial charge in [-0.3, -0.25) is 9.20 Å². The van der Waals surface area contributed by atoms with Crippen molar-refractivity contribution in [3.63, 3.8) is 0 Å². The molecule has 0 spiro atoms. The van der Waals surface area contributed by atoms with E-state index in [0.717, 1.165) is 41.7 Å². The van der Waals surface area contributed by atoms with E-state index in [2.05, 4.69) is 21.7 Å². The van der Waals surface area contributed by atoms with Gasteiger partial charge in [0.15, 0.2) is 5.96 Å². The topological polar surface area (TPSA) is 62.7 Å². The van der Waals surface area contributed by atoms with Crippen molar-refractivity contribution < 1.29 is 8.95 Å². The van der Waals surface area contributed by atoms with Crippen LogP contribution in [0.4, 0.5) is 0 Å². The molecule has 27 heavy (non-hydrogen) atoms. The smallest absolute Gasteiger partial charge is 0.191 e. The first-order chi connectivity index (χ1) is 12.7. The Hall–Kier alpha value is -1.61. The highest BCUT2D eigenvalue weighted by atomic mass is 127. The molecular formula is C20H28IN3O2S. The molecule has 0 saturated heterocycles. The second kappa shape index (κ2) is 13.5. The van der Waals surface area contributed by atoms with Crippen LogP contribution in [-0.2, 0) is 17.2 Å². The number of halogens is 1. The molecule has 0 aliphatic rings. The quantitative estimate of drug-likeness (QED) is 0.315. The molecule has 0 heterocycles. The summed E-state index contributed by atoms with van der Waals surface area (Å²) in [6.45, 7) is 4.06. The second-order valence-electron chi connectivity index (χ2n) is 5.61. The Labute approximate surface area is 181 Å². The first-order valence-electron chi connectivity index (χ1n) is 8.82. The predicted molar refractivity (Wildman–Crippen MR) is 124 cm³/mol. The zero-order chi connectivity index (χ0) is 18.6. The highest BCUT2D eigenvalue weighted by Gasteiger charge is 2.04. The molecule has 2 rings (SSSR count). The van der Waals surface area contributed by atoms with Crippen LogP contribution in [0.3, 0.4) is 0 Å². The summed E-state index contributed by atoms with van der Waals surface area (Å²) in [5.74, 6) is 2.15. The van der Waals surface area contributed by atoms with E-state index >= 15 is 0 Å². The third-order valence-electron chi connectivity index (χ3n) is 3.78. The number of rotatable bonds is 9. The number of nitrogens with one attached hydrogen (secondary N) is 2.